The molecule has 1 aliphatic rings. The molecule has 0 atom stereocenters. The van der Waals surface area contributed by atoms with E-state index in [0.717, 1.165) is 33.2 Å². The van der Waals surface area contributed by atoms with Gasteiger partial charge in [-0.1, -0.05) is 48.5 Å². The normalized spacial score (nSPS) is 15.0. The van der Waals surface area contributed by atoms with Crippen LogP contribution < -0.4 is 5.56 Å². The van der Waals surface area contributed by atoms with Gasteiger partial charge in [0.05, 0.1) is 4.91 Å². The number of imide groups is 1. The molecule has 2 heterocycles. The topological polar surface area (TPSA) is 90.6 Å². The smallest absolute Gasteiger partial charge is 0.293 e. The third-order valence-electron chi connectivity index (χ3n) is 5.19. The Bertz CT molecular complexity index is 1280. The molecule has 1 aliphatic heterocycles. The number of hydrogen-bond acceptors (Lipinski definition) is 5. The summed E-state index contributed by atoms with van der Waals surface area (Å²) in [6, 6.07) is 18.2. The molecule has 32 heavy (non-hydrogen) atoms. The van der Waals surface area contributed by atoms with E-state index < -0.39 is 0 Å². The number of rotatable bonds is 6. The fourth-order valence-electron chi connectivity index (χ4n) is 3.54. The fourth-order valence-corrected chi connectivity index (χ4v) is 4.41. The van der Waals surface area contributed by atoms with Gasteiger partial charge in [-0.05, 0) is 35.0 Å². The molecule has 1 aromatic heterocycles. The molecule has 1 fully saturated rings. The summed E-state index contributed by atoms with van der Waals surface area (Å²) in [5.74, 6) is -0.611. The number of pyridine rings is 1. The largest absolute Gasteiger partial charge is 0.341 e. The highest BCUT2D eigenvalue weighted by molar-refractivity contribution is 8.18. The first-order valence-electron chi connectivity index (χ1n) is 10.1. The molecule has 1 N–H and O–H groups in total. The van der Waals surface area contributed by atoms with Gasteiger partial charge in [0.1, 0.15) is 0 Å². The molecular formula is C24H21N3O4S. The number of carbonyl (C=O) groups is 3. The summed E-state index contributed by atoms with van der Waals surface area (Å²) in [4.78, 5) is 55.3. The van der Waals surface area contributed by atoms with E-state index in [2.05, 4.69) is 4.98 Å². The summed E-state index contributed by atoms with van der Waals surface area (Å²) in [7, 11) is 1.64. The quantitative estimate of drug-likeness (QED) is 0.583. The number of amides is 3. The number of aromatic nitrogens is 1. The van der Waals surface area contributed by atoms with Crippen LogP contribution in [0.2, 0.25) is 0 Å². The van der Waals surface area contributed by atoms with Gasteiger partial charge in [0.2, 0.25) is 11.5 Å². The Morgan fingerprint density at radius 3 is 2.56 bits per heavy atom. The van der Waals surface area contributed by atoms with Crippen LogP contribution >= 0.6 is 11.8 Å². The van der Waals surface area contributed by atoms with Crippen LogP contribution in [0.3, 0.4) is 0 Å². The summed E-state index contributed by atoms with van der Waals surface area (Å²) in [5.41, 5.74) is 2.04. The van der Waals surface area contributed by atoms with Gasteiger partial charge in [0.25, 0.3) is 11.1 Å². The predicted octanol–water partition coefficient (Wildman–Crippen LogP) is 3.61. The minimum Gasteiger partial charge on any atom is -0.341 e. The lowest BCUT2D eigenvalue weighted by Crippen LogP contribution is -2.34. The Morgan fingerprint density at radius 1 is 1.06 bits per heavy atom. The van der Waals surface area contributed by atoms with E-state index in [0.29, 0.717) is 10.4 Å². The van der Waals surface area contributed by atoms with Crippen molar-refractivity contribution >= 4 is 45.8 Å². The molecular weight excluding hydrogens is 426 g/mol. The van der Waals surface area contributed by atoms with Crippen LogP contribution in [0.5, 0.6) is 0 Å². The minimum absolute atomic E-state index is 0.00821. The Labute approximate surface area is 188 Å². The molecule has 7 nitrogen and oxygen atoms in total. The molecule has 3 aromatic rings. The van der Waals surface area contributed by atoms with E-state index >= 15 is 0 Å². The summed E-state index contributed by atoms with van der Waals surface area (Å²) >= 11 is 0.878. The summed E-state index contributed by atoms with van der Waals surface area (Å²) < 4.78 is 0. The van der Waals surface area contributed by atoms with Crippen molar-refractivity contribution in [2.24, 2.45) is 0 Å². The van der Waals surface area contributed by atoms with Crippen LogP contribution in [0.15, 0.2) is 70.4 Å². The van der Waals surface area contributed by atoms with Crippen molar-refractivity contribution in [1.29, 1.82) is 0 Å². The second-order valence-electron chi connectivity index (χ2n) is 7.45. The maximum absolute atomic E-state index is 12.7. The lowest BCUT2D eigenvalue weighted by atomic mass is 10.1. The van der Waals surface area contributed by atoms with Gasteiger partial charge in [0, 0.05) is 43.5 Å². The van der Waals surface area contributed by atoms with E-state index in [9.17, 15) is 19.2 Å². The van der Waals surface area contributed by atoms with Crippen molar-refractivity contribution < 1.29 is 14.4 Å². The van der Waals surface area contributed by atoms with Crippen LogP contribution in [-0.2, 0) is 16.1 Å². The third-order valence-corrected chi connectivity index (χ3v) is 6.10. The lowest BCUT2D eigenvalue weighted by Gasteiger charge is -2.20. The van der Waals surface area contributed by atoms with Gasteiger partial charge in [-0.25, -0.2) is 0 Å². The summed E-state index contributed by atoms with van der Waals surface area (Å²) in [6.07, 6.45) is 1.69. The van der Waals surface area contributed by atoms with Gasteiger partial charge in [-0.2, -0.15) is 0 Å². The van der Waals surface area contributed by atoms with E-state index in [4.69, 9.17) is 0 Å². The molecule has 4 rings (SSSR count). The molecule has 2 aromatic carbocycles. The average molecular weight is 448 g/mol. The first-order chi connectivity index (χ1) is 15.4. The monoisotopic (exact) mass is 447 g/mol. The number of hydrogen-bond donors (Lipinski definition) is 1. The van der Waals surface area contributed by atoms with Crippen molar-refractivity contribution in [2.45, 2.75) is 13.0 Å². The zero-order valence-corrected chi connectivity index (χ0v) is 18.2. The molecule has 162 valence electrons. The molecule has 8 heteroatoms. The number of para-hydroxylation sites is 1. The van der Waals surface area contributed by atoms with Crippen LogP contribution in [0.25, 0.3) is 17.0 Å². The molecule has 1 saturated heterocycles. The van der Waals surface area contributed by atoms with Crippen LogP contribution in [0.1, 0.15) is 17.5 Å². The van der Waals surface area contributed by atoms with Crippen molar-refractivity contribution in [3.8, 4) is 0 Å². The second kappa shape index (κ2) is 9.23. The average Bonchev–Trinajstić information content (AvgIpc) is 3.04. The zero-order valence-electron chi connectivity index (χ0n) is 17.4. The SMILES string of the molecule is CN(Cc1cc(=O)[nH]c2ccccc12)C(=O)CCN1C(=O)S/C(=C\c2ccccc2)C1=O. The standard InChI is InChI=1S/C24H21N3O4S/c1-26(15-17-14-21(28)25-19-10-6-5-9-18(17)19)22(29)11-12-27-23(30)20(32-24(27)31)13-16-7-3-2-4-8-16/h2-10,13-14H,11-12,15H2,1H3,(H,25,28)/b20-13-. The van der Waals surface area contributed by atoms with E-state index in [1.54, 1.807) is 13.1 Å². The van der Waals surface area contributed by atoms with Gasteiger partial charge < -0.3 is 9.88 Å². The highest BCUT2D eigenvalue weighted by atomic mass is 32.2. The molecule has 0 spiro atoms. The minimum atomic E-state index is -0.389. The van der Waals surface area contributed by atoms with Crippen molar-refractivity contribution in [3.05, 3.63) is 87.0 Å². The number of fused-ring (bicyclic) bond motifs is 1. The highest BCUT2D eigenvalue weighted by Gasteiger charge is 2.35. The molecule has 3 amide bonds. The Morgan fingerprint density at radius 2 is 1.78 bits per heavy atom. The molecule has 0 aliphatic carbocycles. The number of aromatic amines is 1. The predicted molar refractivity (Wildman–Crippen MR) is 125 cm³/mol. The highest BCUT2D eigenvalue weighted by Crippen LogP contribution is 2.32. The first-order valence-corrected chi connectivity index (χ1v) is 10.9. The van der Waals surface area contributed by atoms with Crippen molar-refractivity contribution in [1.82, 2.24) is 14.8 Å². The summed E-state index contributed by atoms with van der Waals surface area (Å²) in [5, 5.41) is 0.483. The maximum atomic E-state index is 12.7. The Hall–Kier alpha value is -3.65. The van der Waals surface area contributed by atoms with E-state index in [1.807, 2.05) is 54.6 Å². The maximum Gasteiger partial charge on any atom is 0.293 e. The summed E-state index contributed by atoms with van der Waals surface area (Å²) in [6.45, 7) is 0.259. The zero-order chi connectivity index (χ0) is 22.7. The number of H-pyrrole nitrogens is 1. The van der Waals surface area contributed by atoms with Gasteiger partial charge in [0.15, 0.2) is 0 Å². The number of benzene rings is 2. The number of thioether (sulfide) groups is 1. The lowest BCUT2D eigenvalue weighted by molar-refractivity contribution is -0.131. The molecule has 0 unspecified atom stereocenters. The van der Waals surface area contributed by atoms with E-state index in [-0.39, 0.29) is 42.1 Å². The van der Waals surface area contributed by atoms with Gasteiger partial charge >= 0.3 is 0 Å². The third kappa shape index (κ3) is 4.65. The van der Waals surface area contributed by atoms with E-state index in [1.165, 1.54) is 11.0 Å². The Balaban J connectivity index is 1.41. The van der Waals surface area contributed by atoms with Crippen molar-refractivity contribution in [3.63, 3.8) is 0 Å². The van der Waals surface area contributed by atoms with Gasteiger partial charge in [-0.15, -0.1) is 0 Å². The number of nitrogens with one attached hydrogen (secondary N) is 1. The van der Waals surface area contributed by atoms with Crippen LogP contribution in [0, 0.1) is 0 Å². The van der Waals surface area contributed by atoms with Crippen LogP contribution in [0.4, 0.5) is 4.79 Å². The van der Waals surface area contributed by atoms with Gasteiger partial charge in [-0.3, -0.25) is 24.1 Å². The first kappa shape index (κ1) is 21.6. The second-order valence-corrected chi connectivity index (χ2v) is 8.44. The molecule has 0 bridgehead atoms. The fraction of sp³-hybridized carbons (Fsp3) is 0.167. The molecule has 0 radical (unpaired) electrons. The number of carbonyl (C=O) groups excluding carboxylic acids is 3. The van der Waals surface area contributed by atoms with Crippen LogP contribution in [-0.4, -0.2) is 45.4 Å². The number of nitrogens with zero attached hydrogens (tertiary/aromatic N) is 2. The Kier molecular flexibility index (Phi) is 6.23. The van der Waals surface area contributed by atoms with Crippen molar-refractivity contribution in [2.75, 3.05) is 13.6 Å². The molecule has 0 saturated carbocycles.